The normalized spacial score (nSPS) is 17.7. The number of nitrogen functional groups attached to an aromatic ring is 1. The molecule has 3 heterocycles. The van der Waals surface area contributed by atoms with E-state index in [0.717, 1.165) is 32.3 Å². The van der Waals surface area contributed by atoms with Crippen LogP contribution in [0.3, 0.4) is 0 Å². The van der Waals surface area contributed by atoms with Gasteiger partial charge in [-0.05, 0) is 24.8 Å². The van der Waals surface area contributed by atoms with E-state index in [1.54, 1.807) is 6.33 Å². The first-order chi connectivity index (χ1) is 12.3. The largest absolute Gasteiger partial charge is 0.463 e. The number of hydrogen-bond acceptors (Lipinski definition) is 6. The van der Waals surface area contributed by atoms with Gasteiger partial charge in [0.25, 0.3) is 0 Å². The Bertz CT molecular complexity index is 843. The van der Waals surface area contributed by atoms with Crippen molar-refractivity contribution < 1.29 is 9.47 Å². The lowest BCUT2D eigenvalue weighted by atomic mass is 10.2. The highest BCUT2D eigenvalue weighted by molar-refractivity contribution is 5.81. The zero-order valence-electron chi connectivity index (χ0n) is 14.0. The fourth-order valence-electron chi connectivity index (χ4n) is 3.04. The first-order valence-corrected chi connectivity index (χ1v) is 8.59. The molecule has 0 amide bonds. The maximum Gasteiger partial charge on any atom is 0.320 e. The minimum atomic E-state index is -0.0507. The van der Waals surface area contributed by atoms with Gasteiger partial charge in [-0.3, -0.25) is 4.57 Å². The molecule has 0 spiro atoms. The molecule has 1 unspecified atom stereocenters. The highest BCUT2D eigenvalue weighted by atomic mass is 16.5. The van der Waals surface area contributed by atoms with E-state index in [-0.39, 0.29) is 12.2 Å². The number of anilines is 1. The maximum absolute atomic E-state index is 6.03. The number of hydrogen-bond donors (Lipinski definition) is 1. The van der Waals surface area contributed by atoms with Crippen LogP contribution in [0.4, 0.5) is 5.82 Å². The molecule has 1 fully saturated rings. The van der Waals surface area contributed by atoms with Crippen molar-refractivity contribution in [2.45, 2.75) is 31.9 Å². The molecule has 0 aliphatic carbocycles. The summed E-state index contributed by atoms with van der Waals surface area (Å²) in [6.45, 7) is 1.24. The van der Waals surface area contributed by atoms with Crippen LogP contribution in [0.2, 0.25) is 0 Å². The summed E-state index contributed by atoms with van der Waals surface area (Å²) in [7, 11) is 0. The standard InChI is InChI=1S/C18H21N5O2/c19-16-15-17(23(12-20-15)14-8-4-5-10-24-14)22-18(21-16)25-11-9-13-6-2-1-3-7-13/h1-3,6-7,12,14H,4-5,8-11H2,(H2,19,21,22). The maximum atomic E-state index is 6.03. The van der Waals surface area contributed by atoms with Gasteiger partial charge in [0, 0.05) is 13.0 Å². The molecule has 7 heteroatoms. The molecule has 3 aromatic rings. The molecule has 2 N–H and O–H groups in total. The van der Waals surface area contributed by atoms with Gasteiger partial charge >= 0.3 is 6.01 Å². The topological polar surface area (TPSA) is 88.1 Å². The van der Waals surface area contributed by atoms with Gasteiger partial charge < -0.3 is 15.2 Å². The summed E-state index contributed by atoms with van der Waals surface area (Å²) < 4.78 is 13.5. The van der Waals surface area contributed by atoms with Crippen molar-refractivity contribution in [2.24, 2.45) is 0 Å². The molecule has 1 aliphatic heterocycles. The van der Waals surface area contributed by atoms with Crippen molar-refractivity contribution in [2.75, 3.05) is 18.9 Å². The van der Waals surface area contributed by atoms with Gasteiger partial charge in [0.05, 0.1) is 12.9 Å². The second kappa shape index (κ2) is 7.06. The molecule has 2 aromatic heterocycles. The van der Waals surface area contributed by atoms with Crippen molar-refractivity contribution >= 4 is 17.0 Å². The predicted octanol–water partition coefficient (Wildman–Crippen LogP) is 2.73. The lowest BCUT2D eigenvalue weighted by molar-refractivity contribution is -0.0298. The van der Waals surface area contributed by atoms with Gasteiger partial charge in [-0.15, -0.1) is 0 Å². The lowest BCUT2D eigenvalue weighted by Crippen LogP contribution is -2.18. The zero-order chi connectivity index (χ0) is 17.1. The summed E-state index contributed by atoms with van der Waals surface area (Å²) in [6.07, 6.45) is 5.62. The smallest absolute Gasteiger partial charge is 0.320 e. The average molecular weight is 339 g/mol. The van der Waals surface area contributed by atoms with Crippen LogP contribution in [0.25, 0.3) is 11.2 Å². The molecule has 0 radical (unpaired) electrons. The van der Waals surface area contributed by atoms with E-state index in [4.69, 9.17) is 15.2 Å². The molecular weight excluding hydrogens is 318 g/mol. The van der Waals surface area contributed by atoms with Crippen LogP contribution in [0.1, 0.15) is 31.1 Å². The number of imidazole rings is 1. The third-order valence-electron chi connectivity index (χ3n) is 4.36. The lowest BCUT2D eigenvalue weighted by Gasteiger charge is -2.23. The molecule has 25 heavy (non-hydrogen) atoms. The molecule has 1 aromatic carbocycles. The second-order valence-electron chi connectivity index (χ2n) is 6.12. The van der Waals surface area contributed by atoms with Crippen molar-refractivity contribution in [1.82, 2.24) is 19.5 Å². The molecule has 4 rings (SSSR count). The van der Waals surface area contributed by atoms with E-state index in [9.17, 15) is 0 Å². The minimum Gasteiger partial charge on any atom is -0.463 e. The highest BCUT2D eigenvalue weighted by Crippen LogP contribution is 2.27. The Morgan fingerprint density at radius 3 is 2.88 bits per heavy atom. The first kappa shape index (κ1) is 15.8. The van der Waals surface area contributed by atoms with Gasteiger partial charge in [-0.2, -0.15) is 9.97 Å². The average Bonchev–Trinajstić information content (AvgIpc) is 3.08. The number of benzene rings is 1. The van der Waals surface area contributed by atoms with E-state index in [1.165, 1.54) is 5.56 Å². The third-order valence-corrected chi connectivity index (χ3v) is 4.36. The minimum absolute atomic E-state index is 0.0507. The second-order valence-corrected chi connectivity index (χ2v) is 6.12. The number of rotatable bonds is 5. The van der Waals surface area contributed by atoms with Crippen molar-refractivity contribution in [3.63, 3.8) is 0 Å². The van der Waals surface area contributed by atoms with Crippen LogP contribution in [-0.4, -0.2) is 32.7 Å². The number of nitrogens with two attached hydrogens (primary N) is 1. The Morgan fingerprint density at radius 2 is 2.08 bits per heavy atom. The summed E-state index contributed by atoms with van der Waals surface area (Å²) in [4.78, 5) is 13.1. The molecular formula is C18H21N5O2. The summed E-state index contributed by atoms with van der Waals surface area (Å²) in [5, 5.41) is 0. The quantitative estimate of drug-likeness (QED) is 0.769. The van der Waals surface area contributed by atoms with Crippen LogP contribution in [0.15, 0.2) is 36.7 Å². The first-order valence-electron chi connectivity index (χ1n) is 8.59. The van der Waals surface area contributed by atoms with Gasteiger partial charge in [0.1, 0.15) is 6.23 Å². The van der Waals surface area contributed by atoms with Gasteiger partial charge in [-0.1, -0.05) is 30.3 Å². The van der Waals surface area contributed by atoms with Crippen LogP contribution in [0.5, 0.6) is 6.01 Å². The molecule has 1 aliphatic rings. The summed E-state index contributed by atoms with van der Waals surface area (Å²) >= 11 is 0. The molecule has 7 nitrogen and oxygen atoms in total. The molecule has 1 saturated heterocycles. The molecule has 1 atom stereocenters. The number of ether oxygens (including phenoxy) is 2. The fourth-order valence-corrected chi connectivity index (χ4v) is 3.04. The van der Waals surface area contributed by atoms with Crippen molar-refractivity contribution in [3.05, 3.63) is 42.2 Å². The van der Waals surface area contributed by atoms with E-state index in [0.29, 0.717) is 23.6 Å². The Kier molecular flexibility index (Phi) is 4.47. The van der Waals surface area contributed by atoms with Crippen LogP contribution in [-0.2, 0) is 11.2 Å². The van der Waals surface area contributed by atoms with Gasteiger partial charge in [0.2, 0.25) is 0 Å². The monoisotopic (exact) mass is 339 g/mol. The number of nitrogens with zero attached hydrogens (tertiary/aromatic N) is 4. The van der Waals surface area contributed by atoms with Gasteiger partial charge in [0.15, 0.2) is 17.0 Å². The van der Waals surface area contributed by atoms with E-state index in [2.05, 4.69) is 27.1 Å². The van der Waals surface area contributed by atoms with Crippen molar-refractivity contribution in [3.8, 4) is 6.01 Å². The Hall–Kier alpha value is -2.67. The number of fused-ring (bicyclic) bond motifs is 1. The van der Waals surface area contributed by atoms with E-state index in [1.807, 2.05) is 22.8 Å². The Morgan fingerprint density at radius 1 is 1.20 bits per heavy atom. The third kappa shape index (κ3) is 3.41. The van der Waals surface area contributed by atoms with Crippen LogP contribution < -0.4 is 10.5 Å². The van der Waals surface area contributed by atoms with Gasteiger partial charge in [-0.25, -0.2) is 4.98 Å². The zero-order valence-corrected chi connectivity index (χ0v) is 14.0. The molecule has 0 bridgehead atoms. The Labute approximate surface area is 145 Å². The molecule has 130 valence electrons. The summed E-state index contributed by atoms with van der Waals surface area (Å²) in [6, 6.07) is 10.4. The number of aromatic nitrogens is 4. The summed E-state index contributed by atoms with van der Waals surface area (Å²) in [5.41, 5.74) is 8.49. The van der Waals surface area contributed by atoms with E-state index >= 15 is 0 Å². The predicted molar refractivity (Wildman–Crippen MR) is 94.2 cm³/mol. The SMILES string of the molecule is Nc1nc(OCCc2ccccc2)nc2c1ncn2C1CCCCO1. The van der Waals surface area contributed by atoms with Crippen molar-refractivity contribution in [1.29, 1.82) is 0 Å². The molecule has 0 saturated carbocycles. The summed E-state index contributed by atoms with van der Waals surface area (Å²) in [5.74, 6) is 0.328. The highest BCUT2D eigenvalue weighted by Gasteiger charge is 2.20. The Balaban J connectivity index is 1.53. The van der Waals surface area contributed by atoms with E-state index < -0.39 is 0 Å². The fraction of sp³-hybridized carbons (Fsp3) is 0.389. The van der Waals surface area contributed by atoms with Crippen LogP contribution in [0, 0.1) is 0 Å². The van der Waals surface area contributed by atoms with Crippen LogP contribution >= 0.6 is 0 Å².